The zero-order chi connectivity index (χ0) is 19.4. The van der Waals surface area contributed by atoms with Gasteiger partial charge in [-0.2, -0.15) is 0 Å². The van der Waals surface area contributed by atoms with Gasteiger partial charge in [-0.15, -0.1) is 0 Å². The largest absolute Gasteiger partial charge is 0.351 e. The molecule has 1 aliphatic rings. The number of rotatable bonds is 9. The van der Waals surface area contributed by atoms with Crippen molar-refractivity contribution < 1.29 is 14.6 Å². The molecule has 0 atom stereocenters. The third kappa shape index (κ3) is 7.29. The molecule has 2 aromatic carbocycles. The maximum atomic E-state index is 12.2. The van der Waals surface area contributed by atoms with Crippen molar-refractivity contribution in [3.8, 4) is 0 Å². The Hall–Kier alpha value is -2.43. The highest BCUT2D eigenvalue weighted by molar-refractivity contribution is 5.76. The van der Waals surface area contributed by atoms with E-state index in [0.717, 1.165) is 52.1 Å². The molecule has 148 valence electrons. The summed E-state index contributed by atoms with van der Waals surface area (Å²) < 4.78 is 0. The minimum absolute atomic E-state index is 0.190. The van der Waals surface area contributed by atoms with E-state index in [1.807, 2.05) is 12.1 Å². The number of aryl methyl sites for hydroxylation is 1. The Morgan fingerprint density at radius 2 is 1.54 bits per heavy atom. The molecule has 2 aromatic rings. The van der Waals surface area contributed by atoms with E-state index in [0.29, 0.717) is 6.54 Å². The molecule has 1 amide bonds. The number of nitrogens with one attached hydrogen (secondary N) is 3. The van der Waals surface area contributed by atoms with Gasteiger partial charge in [0.2, 0.25) is 0 Å². The summed E-state index contributed by atoms with van der Waals surface area (Å²) >= 11 is 0. The van der Waals surface area contributed by atoms with Crippen LogP contribution in [-0.2, 0) is 11.2 Å². The lowest BCUT2D eigenvalue weighted by molar-refractivity contribution is -1.01. The Bertz CT molecular complexity index is 722. The lowest BCUT2D eigenvalue weighted by Crippen LogP contribution is -3.28. The van der Waals surface area contributed by atoms with Crippen molar-refractivity contribution in [3.63, 3.8) is 0 Å². The van der Waals surface area contributed by atoms with Gasteiger partial charge in [-0.25, -0.2) is 0 Å². The van der Waals surface area contributed by atoms with Gasteiger partial charge in [-0.3, -0.25) is 4.79 Å². The fourth-order valence-corrected chi connectivity index (χ4v) is 3.72. The number of hydrogen-bond donors (Lipinski definition) is 3. The van der Waals surface area contributed by atoms with E-state index in [1.165, 1.54) is 16.0 Å². The van der Waals surface area contributed by atoms with Crippen molar-refractivity contribution in [3.05, 3.63) is 77.9 Å². The average molecular weight is 380 g/mol. The molecule has 4 heteroatoms. The minimum atomic E-state index is 0.190. The molecular formula is C24H33N3O+2. The molecule has 28 heavy (non-hydrogen) atoms. The van der Waals surface area contributed by atoms with Gasteiger partial charge in [0.05, 0.1) is 6.54 Å². The molecule has 1 saturated heterocycles. The second kappa shape index (κ2) is 11.4. The number of piperazine rings is 1. The topological polar surface area (TPSA) is 38.0 Å². The first kappa shape index (κ1) is 20.3. The molecule has 1 heterocycles. The Balaban J connectivity index is 1.26. The molecule has 4 nitrogen and oxygen atoms in total. The van der Waals surface area contributed by atoms with E-state index in [-0.39, 0.29) is 5.91 Å². The molecule has 0 aromatic heterocycles. The quantitative estimate of drug-likeness (QED) is 0.537. The zero-order valence-electron chi connectivity index (χ0n) is 16.7. The average Bonchev–Trinajstić information content (AvgIpc) is 2.74. The number of amides is 1. The highest BCUT2D eigenvalue weighted by Crippen LogP contribution is 2.01. The summed E-state index contributed by atoms with van der Waals surface area (Å²) in [5, 5.41) is 3.09. The first-order valence-electron chi connectivity index (χ1n) is 10.5. The van der Waals surface area contributed by atoms with Crippen molar-refractivity contribution in [1.82, 2.24) is 5.32 Å². The molecule has 0 saturated carbocycles. The van der Waals surface area contributed by atoms with Gasteiger partial charge in [-0.1, -0.05) is 66.7 Å². The fraction of sp³-hybridized carbons (Fsp3) is 0.375. The SMILES string of the molecule is O=C(C[NH+]1CC[NH+](C/C=C/c2ccccc2)CC1)NCCCc1ccccc1. The molecule has 1 fully saturated rings. The Labute approximate surface area is 168 Å². The monoisotopic (exact) mass is 379 g/mol. The smallest absolute Gasteiger partial charge is 0.275 e. The van der Waals surface area contributed by atoms with Crippen LogP contribution in [0.15, 0.2) is 66.7 Å². The maximum absolute atomic E-state index is 12.2. The first-order valence-corrected chi connectivity index (χ1v) is 10.5. The second-order valence-corrected chi connectivity index (χ2v) is 7.63. The molecule has 0 bridgehead atoms. The van der Waals surface area contributed by atoms with Gasteiger partial charge >= 0.3 is 0 Å². The van der Waals surface area contributed by atoms with Crippen LogP contribution in [-0.4, -0.2) is 51.7 Å². The molecule has 1 aliphatic heterocycles. The van der Waals surface area contributed by atoms with Gasteiger partial charge in [-0.05, 0) is 30.0 Å². The second-order valence-electron chi connectivity index (χ2n) is 7.63. The standard InChI is InChI=1S/C24H31N3O/c28-24(25-15-7-13-22-9-3-1-4-10-22)21-27-19-17-26(18-20-27)16-8-14-23-11-5-2-6-12-23/h1-6,8-12,14H,7,13,15-21H2,(H,25,28)/p+2/b14-8+. The normalized spacial score (nSPS) is 19.6. The van der Waals surface area contributed by atoms with Crippen LogP contribution in [0.4, 0.5) is 0 Å². The van der Waals surface area contributed by atoms with Crippen molar-refractivity contribution in [2.75, 3.05) is 45.8 Å². The van der Waals surface area contributed by atoms with Crippen LogP contribution in [0.25, 0.3) is 6.08 Å². The third-order valence-electron chi connectivity index (χ3n) is 5.40. The van der Waals surface area contributed by atoms with E-state index >= 15 is 0 Å². The van der Waals surface area contributed by atoms with Crippen molar-refractivity contribution >= 4 is 12.0 Å². The van der Waals surface area contributed by atoms with Gasteiger partial charge < -0.3 is 15.1 Å². The molecular weight excluding hydrogens is 346 g/mol. The van der Waals surface area contributed by atoms with E-state index in [4.69, 9.17) is 0 Å². The van der Waals surface area contributed by atoms with Crippen LogP contribution in [0.5, 0.6) is 0 Å². The van der Waals surface area contributed by atoms with Crippen LogP contribution in [0.2, 0.25) is 0 Å². The van der Waals surface area contributed by atoms with Crippen molar-refractivity contribution in [1.29, 1.82) is 0 Å². The van der Waals surface area contributed by atoms with Gasteiger partial charge in [0, 0.05) is 6.54 Å². The van der Waals surface area contributed by atoms with E-state index < -0.39 is 0 Å². The number of hydrogen-bond acceptors (Lipinski definition) is 1. The lowest BCUT2D eigenvalue weighted by Gasteiger charge is -2.28. The molecule has 3 rings (SSSR count). The maximum Gasteiger partial charge on any atom is 0.275 e. The van der Waals surface area contributed by atoms with Crippen LogP contribution in [0.3, 0.4) is 0 Å². The Kier molecular flexibility index (Phi) is 8.28. The Morgan fingerprint density at radius 1 is 0.893 bits per heavy atom. The lowest BCUT2D eigenvalue weighted by atomic mass is 10.1. The van der Waals surface area contributed by atoms with Crippen molar-refractivity contribution in [2.45, 2.75) is 12.8 Å². The highest BCUT2D eigenvalue weighted by atomic mass is 16.2. The summed E-state index contributed by atoms with van der Waals surface area (Å²) in [6.07, 6.45) is 6.49. The van der Waals surface area contributed by atoms with Crippen LogP contribution in [0, 0.1) is 0 Å². The highest BCUT2D eigenvalue weighted by Gasteiger charge is 2.23. The van der Waals surface area contributed by atoms with E-state index in [9.17, 15) is 4.79 Å². The van der Waals surface area contributed by atoms with Crippen LogP contribution < -0.4 is 15.1 Å². The van der Waals surface area contributed by atoms with Crippen LogP contribution in [0.1, 0.15) is 17.5 Å². The third-order valence-corrected chi connectivity index (χ3v) is 5.40. The summed E-state index contributed by atoms with van der Waals surface area (Å²) in [7, 11) is 0. The summed E-state index contributed by atoms with van der Waals surface area (Å²) in [6, 6.07) is 20.9. The fourth-order valence-electron chi connectivity index (χ4n) is 3.72. The van der Waals surface area contributed by atoms with Gasteiger partial charge in [0.1, 0.15) is 26.2 Å². The number of carbonyl (C=O) groups is 1. The van der Waals surface area contributed by atoms with E-state index in [1.54, 1.807) is 4.90 Å². The summed E-state index contributed by atoms with van der Waals surface area (Å²) in [5.74, 6) is 0.190. The van der Waals surface area contributed by atoms with E-state index in [2.05, 4.69) is 66.0 Å². The predicted molar refractivity (Wildman–Crippen MR) is 114 cm³/mol. The zero-order valence-corrected chi connectivity index (χ0v) is 16.7. The van der Waals surface area contributed by atoms with Crippen LogP contribution >= 0.6 is 0 Å². The summed E-state index contributed by atoms with van der Waals surface area (Å²) in [6.45, 7) is 6.86. The summed E-state index contributed by atoms with van der Waals surface area (Å²) in [5.41, 5.74) is 2.60. The van der Waals surface area contributed by atoms with Gasteiger partial charge in [0.25, 0.3) is 5.91 Å². The molecule has 0 radical (unpaired) electrons. The van der Waals surface area contributed by atoms with Gasteiger partial charge in [0.15, 0.2) is 6.54 Å². The number of quaternary nitrogens is 2. The Morgan fingerprint density at radius 3 is 2.25 bits per heavy atom. The summed E-state index contributed by atoms with van der Waals surface area (Å²) in [4.78, 5) is 15.2. The minimum Gasteiger partial charge on any atom is -0.351 e. The predicted octanol–water partition coefficient (Wildman–Crippen LogP) is 0.232. The molecule has 0 unspecified atom stereocenters. The first-order chi connectivity index (χ1) is 13.8. The molecule has 3 N–H and O–H groups in total. The molecule has 0 aliphatic carbocycles. The number of benzene rings is 2. The number of carbonyl (C=O) groups excluding carboxylic acids is 1. The molecule has 0 spiro atoms. The van der Waals surface area contributed by atoms with Crippen molar-refractivity contribution in [2.24, 2.45) is 0 Å².